The zero-order chi connectivity index (χ0) is 22.1. The second-order valence-corrected chi connectivity index (χ2v) is 7.82. The number of carbonyl (C=O) groups excluding carboxylic acids is 2. The normalized spacial score (nSPS) is 15.0. The van der Waals surface area contributed by atoms with Gasteiger partial charge in [-0.2, -0.15) is 0 Å². The highest BCUT2D eigenvalue weighted by Crippen LogP contribution is 2.35. The third-order valence-corrected chi connectivity index (χ3v) is 5.63. The predicted molar refractivity (Wildman–Crippen MR) is 119 cm³/mol. The summed E-state index contributed by atoms with van der Waals surface area (Å²) < 4.78 is 10.8. The Morgan fingerprint density at radius 3 is 2.25 bits per heavy atom. The Morgan fingerprint density at radius 2 is 1.50 bits per heavy atom. The molecule has 2 amide bonds. The van der Waals surface area contributed by atoms with E-state index in [0.717, 1.165) is 16.7 Å². The van der Waals surface area contributed by atoms with Gasteiger partial charge in [-0.25, -0.2) is 0 Å². The lowest BCUT2D eigenvalue weighted by atomic mass is 10.0. The maximum Gasteiger partial charge on any atom is 0.278 e. The second-order valence-electron chi connectivity index (χ2n) is 7.82. The first-order valence-corrected chi connectivity index (χ1v) is 10.4. The van der Waals surface area contributed by atoms with E-state index < -0.39 is 0 Å². The van der Waals surface area contributed by atoms with E-state index in [1.807, 2.05) is 84.7 Å². The SMILES string of the molecule is CN(Cc1ccccc1)C1=C(c2ccccc2)C(=O)N(Cc2ccc3c(c2)OCO3)C1=O. The Labute approximate surface area is 186 Å². The standard InChI is InChI=1S/C26H22N2O4/c1-27(15-18-8-4-2-5-9-18)24-23(20-10-6-3-7-11-20)25(29)28(26(24)30)16-19-12-13-21-22(14-19)32-17-31-21/h2-14H,15-17H2,1H3. The Morgan fingerprint density at radius 1 is 0.812 bits per heavy atom. The first kappa shape index (κ1) is 19.9. The Balaban J connectivity index is 1.48. The highest BCUT2D eigenvalue weighted by Gasteiger charge is 2.40. The molecule has 0 bridgehead atoms. The van der Waals surface area contributed by atoms with Gasteiger partial charge in [0.1, 0.15) is 5.70 Å². The van der Waals surface area contributed by atoms with Crippen LogP contribution in [-0.2, 0) is 22.7 Å². The minimum Gasteiger partial charge on any atom is -0.454 e. The van der Waals surface area contributed by atoms with Crippen molar-refractivity contribution in [3.8, 4) is 11.5 Å². The van der Waals surface area contributed by atoms with E-state index in [-0.39, 0.29) is 25.2 Å². The van der Waals surface area contributed by atoms with Crippen LogP contribution in [0.2, 0.25) is 0 Å². The van der Waals surface area contributed by atoms with Crippen LogP contribution >= 0.6 is 0 Å². The number of carbonyl (C=O) groups is 2. The van der Waals surface area contributed by atoms with Crippen molar-refractivity contribution in [2.45, 2.75) is 13.1 Å². The van der Waals surface area contributed by atoms with Crippen molar-refractivity contribution in [3.63, 3.8) is 0 Å². The van der Waals surface area contributed by atoms with E-state index >= 15 is 0 Å². The quantitative estimate of drug-likeness (QED) is 0.561. The number of likely N-dealkylation sites (N-methyl/N-ethyl adjacent to an activating group) is 1. The third-order valence-electron chi connectivity index (χ3n) is 5.63. The minimum absolute atomic E-state index is 0.160. The van der Waals surface area contributed by atoms with Crippen LogP contribution in [0.1, 0.15) is 16.7 Å². The molecular weight excluding hydrogens is 404 g/mol. The zero-order valence-electron chi connectivity index (χ0n) is 17.7. The van der Waals surface area contributed by atoms with E-state index in [0.29, 0.717) is 29.3 Å². The average molecular weight is 426 g/mol. The molecule has 0 aromatic heterocycles. The number of fused-ring (bicyclic) bond motifs is 1. The Kier molecular flexibility index (Phi) is 5.11. The van der Waals surface area contributed by atoms with Gasteiger partial charge < -0.3 is 14.4 Å². The van der Waals surface area contributed by atoms with Crippen molar-refractivity contribution in [2.75, 3.05) is 13.8 Å². The van der Waals surface area contributed by atoms with Gasteiger partial charge in [-0.3, -0.25) is 14.5 Å². The van der Waals surface area contributed by atoms with Crippen LogP contribution in [0.5, 0.6) is 11.5 Å². The highest BCUT2D eigenvalue weighted by atomic mass is 16.7. The number of rotatable bonds is 6. The molecule has 0 spiro atoms. The molecule has 0 N–H and O–H groups in total. The topological polar surface area (TPSA) is 59.1 Å². The summed E-state index contributed by atoms with van der Waals surface area (Å²) in [6, 6.07) is 24.7. The Hall–Kier alpha value is -4.06. The van der Waals surface area contributed by atoms with Gasteiger partial charge in [-0.15, -0.1) is 0 Å². The molecule has 2 heterocycles. The van der Waals surface area contributed by atoms with Crippen LogP contribution in [0.25, 0.3) is 5.57 Å². The molecule has 0 radical (unpaired) electrons. The van der Waals surface area contributed by atoms with E-state index in [9.17, 15) is 9.59 Å². The van der Waals surface area contributed by atoms with Crippen molar-refractivity contribution in [1.29, 1.82) is 0 Å². The van der Waals surface area contributed by atoms with Crippen LogP contribution in [0.3, 0.4) is 0 Å². The van der Waals surface area contributed by atoms with Crippen LogP contribution in [0, 0.1) is 0 Å². The van der Waals surface area contributed by atoms with Gasteiger partial charge in [0.25, 0.3) is 11.8 Å². The number of benzene rings is 3. The lowest BCUT2D eigenvalue weighted by Gasteiger charge is -2.21. The summed E-state index contributed by atoms with van der Waals surface area (Å²) in [6.07, 6.45) is 0. The van der Waals surface area contributed by atoms with Gasteiger partial charge in [0.2, 0.25) is 6.79 Å². The fourth-order valence-corrected chi connectivity index (χ4v) is 4.08. The molecule has 2 aliphatic rings. The van der Waals surface area contributed by atoms with E-state index in [2.05, 4.69) is 0 Å². The summed E-state index contributed by atoms with van der Waals surface area (Å²) in [7, 11) is 1.85. The highest BCUT2D eigenvalue weighted by molar-refractivity contribution is 6.35. The number of imide groups is 1. The summed E-state index contributed by atoms with van der Waals surface area (Å²) in [5.41, 5.74) is 3.43. The fraction of sp³-hybridized carbons (Fsp3) is 0.154. The zero-order valence-corrected chi connectivity index (χ0v) is 17.7. The number of amides is 2. The molecular formula is C26H22N2O4. The van der Waals surface area contributed by atoms with E-state index in [1.54, 1.807) is 6.07 Å². The molecule has 160 valence electrons. The number of hydrogen-bond donors (Lipinski definition) is 0. The van der Waals surface area contributed by atoms with Crippen molar-refractivity contribution >= 4 is 17.4 Å². The predicted octanol–water partition coefficient (Wildman–Crippen LogP) is 3.83. The molecule has 32 heavy (non-hydrogen) atoms. The summed E-state index contributed by atoms with van der Waals surface area (Å²) in [4.78, 5) is 30.2. The van der Waals surface area contributed by atoms with Crippen LogP contribution in [0.4, 0.5) is 0 Å². The second kappa shape index (κ2) is 8.23. The molecule has 2 aliphatic heterocycles. The summed E-state index contributed by atoms with van der Waals surface area (Å²) in [6.45, 7) is 0.852. The van der Waals surface area contributed by atoms with E-state index in [1.165, 1.54) is 4.90 Å². The molecule has 0 aliphatic carbocycles. The van der Waals surface area contributed by atoms with Gasteiger partial charge in [-0.05, 0) is 28.8 Å². The smallest absolute Gasteiger partial charge is 0.278 e. The number of hydrogen-bond acceptors (Lipinski definition) is 5. The average Bonchev–Trinajstić information content (AvgIpc) is 3.38. The first-order valence-electron chi connectivity index (χ1n) is 10.4. The van der Waals surface area contributed by atoms with Gasteiger partial charge >= 0.3 is 0 Å². The lowest BCUT2D eigenvalue weighted by Crippen LogP contribution is -2.33. The van der Waals surface area contributed by atoms with Crippen LogP contribution in [0.15, 0.2) is 84.6 Å². The van der Waals surface area contributed by atoms with Crippen molar-refractivity contribution < 1.29 is 19.1 Å². The maximum absolute atomic E-state index is 13.5. The largest absolute Gasteiger partial charge is 0.454 e. The fourth-order valence-electron chi connectivity index (χ4n) is 4.08. The first-order chi connectivity index (χ1) is 15.6. The van der Waals surface area contributed by atoms with Crippen molar-refractivity contribution in [2.24, 2.45) is 0 Å². The van der Waals surface area contributed by atoms with Crippen molar-refractivity contribution in [3.05, 3.63) is 101 Å². The van der Waals surface area contributed by atoms with Crippen LogP contribution < -0.4 is 9.47 Å². The molecule has 6 nitrogen and oxygen atoms in total. The maximum atomic E-state index is 13.5. The minimum atomic E-state index is -0.301. The summed E-state index contributed by atoms with van der Waals surface area (Å²) >= 11 is 0. The molecule has 0 atom stereocenters. The molecule has 3 aromatic rings. The Bertz CT molecular complexity index is 1210. The van der Waals surface area contributed by atoms with Gasteiger partial charge in [0.05, 0.1) is 12.1 Å². The van der Waals surface area contributed by atoms with Crippen LogP contribution in [-0.4, -0.2) is 35.5 Å². The molecule has 0 saturated carbocycles. The third kappa shape index (κ3) is 3.60. The molecule has 5 rings (SSSR count). The molecule has 0 fully saturated rings. The molecule has 6 heteroatoms. The van der Waals surface area contributed by atoms with Gasteiger partial charge in [0.15, 0.2) is 11.5 Å². The summed E-state index contributed by atoms with van der Waals surface area (Å²) in [5.74, 6) is 0.692. The summed E-state index contributed by atoms with van der Waals surface area (Å²) in [5, 5.41) is 0. The monoisotopic (exact) mass is 426 g/mol. The number of ether oxygens (including phenoxy) is 2. The lowest BCUT2D eigenvalue weighted by molar-refractivity contribution is -0.138. The van der Waals surface area contributed by atoms with Crippen molar-refractivity contribution in [1.82, 2.24) is 9.80 Å². The molecule has 0 unspecified atom stereocenters. The van der Waals surface area contributed by atoms with Gasteiger partial charge in [-0.1, -0.05) is 66.7 Å². The number of nitrogens with zero attached hydrogens (tertiary/aromatic N) is 2. The van der Waals surface area contributed by atoms with E-state index in [4.69, 9.17) is 9.47 Å². The van der Waals surface area contributed by atoms with Gasteiger partial charge in [0, 0.05) is 13.6 Å². The molecule has 0 saturated heterocycles. The molecule has 3 aromatic carbocycles.